The molecule has 4 heteroatoms. The van der Waals surface area contributed by atoms with Gasteiger partial charge in [-0.15, -0.1) is 0 Å². The Bertz CT molecular complexity index is 218. The molecule has 1 N–H and O–H groups in total. The molecule has 0 bridgehead atoms. The van der Waals surface area contributed by atoms with Crippen LogP contribution >= 0.6 is 0 Å². The van der Waals surface area contributed by atoms with Crippen LogP contribution in [0.15, 0.2) is 0 Å². The summed E-state index contributed by atoms with van der Waals surface area (Å²) < 4.78 is 0. The molecule has 2 heterocycles. The van der Waals surface area contributed by atoms with Crippen LogP contribution in [0.1, 0.15) is 26.2 Å². The zero-order chi connectivity index (χ0) is 10.0. The van der Waals surface area contributed by atoms with Gasteiger partial charge in [-0.25, -0.2) is 5.06 Å². The number of nitrogens with one attached hydrogen (secondary N) is 1. The van der Waals surface area contributed by atoms with Crippen LogP contribution in [0.3, 0.4) is 0 Å². The SMILES string of the molecule is CCC1(C(=O)N2CCCO2)CCNC1. The van der Waals surface area contributed by atoms with Crippen molar-refractivity contribution in [3.05, 3.63) is 0 Å². The Morgan fingerprint density at radius 1 is 1.64 bits per heavy atom. The van der Waals surface area contributed by atoms with Gasteiger partial charge in [0, 0.05) is 6.54 Å². The van der Waals surface area contributed by atoms with Gasteiger partial charge in [0.1, 0.15) is 0 Å². The Labute approximate surface area is 84.6 Å². The highest BCUT2D eigenvalue weighted by atomic mass is 16.7. The largest absolute Gasteiger partial charge is 0.316 e. The van der Waals surface area contributed by atoms with Crippen LogP contribution in [0.25, 0.3) is 0 Å². The number of hydroxylamine groups is 2. The molecule has 1 atom stereocenters. The summed E-state index contributed by atoms with van der Waals surface area (Å²) in [5.41, 5.74) is -0.190. The lowest BCUT2D eigenvalue weighted by molar-refractivity contribution is -0.179. The van der Waals surface area contributed by atoms with Gasteiger partial charge in [-0.05, 0) is 25.8 Å². The minimum atomic E-state index is -0.190. The number of nitrogens with zero attached hydrogens (tertiary/aromatic N) is 1. The van der Waals surface area contributed by atoms with Crippen molar-refractivity contribution in [2.75, 3.05) is 26.2 Å². The standard InChI is InChI=1S/C10H18N2O2/c1-2-10(4-5-11-8-10)9(13)12-6-3-7-14-12/h11H,2-8H2,1H3. The summed E-state index contributed by atoms with van der Waals surface area (Å²) in [6, 6.07) is 0. The summed E-state index contributed by atoms with van der Waals surface area (Å²) in [6.45, 7) is 5.30. The highest BCUT2D eigenvalue weighted by Crippen LogP contribution is 2.32. The van der Waals surface area contributed by atoms with Crippen LogP contribution < -0.4 is 5.32 Å². The third-order valence-electron chi connectivity index (χ3n) is 3.35. The van der Waals surface area contributed by atoms with Gasteiger partial charge in [0.2, 0.25) is 0 Å². The Balaban J connectivity index is 2.06. The number of hydrogen-bond donors (Lipinski definition) is 1. The summed E-state index contributed by atoms with van der Waals surface area (Å²) in [7, 11) is 0. The first-order valence-electron chi connectivity index (χ1n) is 5.44. The zero-order valence-corrected chi connectivity index (χ0v) is 8.71. The zero-order valence-electron chi connectivity index (χ0n) is 8.71. The molecule has 2 saturated heterocycles. The topological polar surface area (TPSA) is 41.6 Å². The summed E-state index contributed by atoms with van der Waals surface area (Å²) in [6.07, 6.45) is 2.82. The molecule has 0 aromatic carbocycles. The van der Waals surface area contributed by atoms with E-state index in [4.69, 9.17) is 4.84 Å². The molecule has 0 aliphatic carbocycles. The molecule has 80 valence electrons. The Morgan fingerprint density at radius 3 is 3.00 bits per heavy atom. The number of hydrogen-bond acceptors (Lipinski definition) is 3. The van der Waals surface area contributed by atoms with Gasteiger partial charge in [0.15, 0.2) is 0 Å². The number of rotatable bonds is 2. The van der Waals surface area contributed by atoms with Crippen LogP contribution in [-0.4, -0.2) is 37.2 Å². The molecule has 2 aliphatic rings. The maximum atomic E-state index is 12.2. The van der Waals surface area contributed by atoms with Crippen molar-refractivity contribution >= 4 is 5.91 Å². The minimum Gasteiger partial charge on any atom is -0.316 e. The normalized spacial score (nSPS) is 32.5. The van der Waals surface area contributed by atoms with Gasteiger partial charge in [0.25, 0.3) is 5.91 Å². The van der Waals surface area contributed by atoms with Crippen LogP contribution in [0.2, 0.25) is 0 Å². The Hall–Kier alpha value is -0.610. The second-order valence-corrected chi connectivity index (χ2v) is 4.15. The predicted molar refractivity (Wildman–Crippen MR) is 52.5 cm³/mol. The van der Waals surface area contributed by atoms with E-state index in [0.717, 1.165) is 38.9 Å². The van der Waals surface area contributed by atoms with Crippen molar-refractivity contribution in [1.29, 1.82) is 0 Å². The van der Waals surface area contributed by atoms with E-state index in [0.29, 0.717) is 6.61 Å². The molecule has 0 saturated carbocycles. The monoisotopic (exact) mass is 198 g/mol. The van der Waals surface area contributed by atoms with Crippen molar-refractivity contribution in [1.82, 2.24) is 10.4 Å². The molecule has 2 aliphatic heterocycles. The van der Waals surface area contributed by atoms with Crippen LogP contribution in [0.4, 0.5) is 0 Å². The first-order valence-corrected chi connectivity index (χ1v) is 5.44. The maximum Gasteiger partial charge on any atom is 0.253 e. The maximum absolute atomic E-state index is 12.2. The van der Waals surface area contributed by atoms with Crippen LogP contribution in [0, 0.1) is 5.41 Å². The summed E-state index contributed by atoms with van der Waals surface area (Å²) >= 11 is 0. The van der Waals surface area contributed by atoms with Gasteiger partial charge in [-0.1, -0.05) is 6.92 Å². The van der Waals surface area contributed by atoms with E-state index in [2.05, 4.69) is 12.2 Å². The van der Waals surface area contributed by atoms with Crippen molar-refractivity contribution in [3.63, 3.8) is 0 Å². The summed E-state index contributed by atoms with van der Waals surface area (Å²) in [4.78, 5) is 17.5. The highest BCUT2D eigenvalue weighted by Gasteiger charge is 2.43. The summed E-state index contributed by atoms with van der Waals surface area (Å²) in [5, 5.41) is 4.83. The molecule has 0 spiro atoms. The van der Waals surface area contributed by atoms with E-state index in [-0.39, 0.29) is 11.3 Å². The molecule has 14 heavy (non-hydrogen) atoms. The van der Waals surface area contributed by atoms with Gasteiger partial charge in [-0.3, -0.25) is 9.63 Å². The van der Waals surface area contributed by atoms with Gasteiger partial charge in [-0.2, -0.15) is 0 Å². The fourth-order valence-electron chi connectivity index (χ4n) is 2.25. The van der Waals surface area contributed by atoms with E-state index in [1.807, 2.05) is 0 Å². The second-order valence-electron chi connectivity index (χ2n) is 4.15. The fraction of sp³-hybridized carbons (Fsp3) is 0.900. The Kier molecular flexibility index (Phi) is 2.74. The molecule has 1 unspecified atom stereocenters. The van der Waals surface area contributed by atoms with E-state index in [1.165, 1.54) is 0 Å². The van der Waals surface area contributed by atoms with E-state index in [1.54, 1.807) is 5.06 Å². The van der Waals surface area contributed by atoms with E-state index >= 15 is 0 Å². The lowest BCUT2D eigenvalue weighted by Gasteiger charge is -2.29. The smallest absolute Gasteiger partial charge is 0.253 e. The molecule has 2 rings (SSSR count). The Morgan fingerprint density at radius 2 is 2.50 bits per heavy atom. The number of carbonyl (C=O) groups excluding carboxylic acids is 1. The van der Waals surface area contributed by atoms with Crippen LogP contribution in [-0.2, 0) is 9.63 Å². The third kappa shape index (κ3) is 1.53. The number of amides is 1. The van der Waals surface area contributed by atoms with Gasteiger partial charge in [0.05, 0.1) is 18.6 Å². The quantitative estimate of drug-likeness (QED) is 0.704. The minimum absolute atomic E-state index is 0.183. The second kappa shape index (κ2) is 3.87. The lowest BCUT2D eigenvalue weighted by atomic mass is 9.83. The molecular formula is C10H18N2O2. The fourth-order valence-corrected chi connectivity index (χ4v) is 2.25. The van der Waals surface area contributed by atoms with Crippen molar-refractivity contribution in [3.8, 4) is 0 Å². The highest BCUT2D eigenvalue weighted by molar-refractivity contribution is 5.82. The predicted octanol–water partition coefficient (Wildman–Crippen LogP) is 0.540. The molecular weight excluding hydrogens is 180 g/mol. The van der Waals surface area contributed by atoms with Crippen molar-refractivity contribution in [2.24, 2.45) is 5.41 Å². The van der Waals surface area contributed by atoms with E-state index < -0.39 is 0 Å². The lowest BCUT2D eigenvalue weighted by Crippen LogP contribution is -2.43. The number of carbonyl (C=O) groups is 1. The van der Waals surface area contributed by atoms with Crippen LogP contribution in [0.5, 0.6) is 0 Å². The van der Waals surface area contributed by atoms with Crippen molar-refractivity contribution < 1.29 is 9.63 Å². The van der Waals surface area contributed by atoms with Crippen molar-refractivity contribution in [2.45, 2.75) is 26.2 Å². The first-order chi connectivity index (χ1) is 6.78. The van der Waals surface area contributed by atoms with E-state index in [9.17, 15) is 4.79 Å². The van der Waals surface area contributed by atoms with Gasteiger partial charge < -0.3 is 5.32 Å². The summed E-state index contributed by atoms with van der Waals surface area (Å²) in [5.74, 6) is 0.183. The molecule has 0 aromatic heterocycles. The molecule has 0 aromatic rings. The third-order valence-corrected chi connectivity index (χ3v) is 3.35. The molecule has 1 amide bonds. The average Bonchev–Trinajstić information content (AvgIpc) is 2.89. The molecule has 4 nitrogen and oxygen atoms in total. The first kappa shape index (κ1) is 9.93. The molecule has 0 radical (unpaired) electrons. The average molecular weight is 198 g/mol. The molecule has 2 fully saturated rings. The van der Waals surface area contributed by atoms with Gasteiger partial charge >= 0.3 is 0 Å².